The molecular weight excluding hydrogens is 315 g/mol. The Bertz CT molecular complexity index is 765. The first-order valence-electron chi connectivity index (χ1n) is 6.12. The SMILES string of the molecule is CC(NS(=O)(=O)c1cc(Cl)ccc1N)c1cccc(F)c1. The minimum Gasteiger partial charge on any atom is -0.398 e. The molecule has 0 bridgehead atoms. The van der Waals surface area contributed by atoms with Crippen molar-refractivity contribution in [2.75, 3.05) is 5.73 Å². The van der Waals surface area contributed by atoms with Gasteiger partial charge in [-0.3, -0.25) is 0 Å². The van der Waals surface area contributed by atoms with E-state index in [1.54, 1.807) is 13.0 Å². The summed E-state index contributed by atoms with van der Waals surface area (Å²) < 4.78 is 40.3. The molecule has 0 aromatic heterocycles. The number of hydrogen-bond acceptors (Lipinski definition) is 3. The second kappa shape index (κ2) is 6.01. The monoisotopic (exact) mass is 328 g/mol. The van der Waals surface area contributed by atoms with Crippen LogP contribution in [0.15, 0.2) is 47.4 Å². The highest BCUT2D eigenvalue weighted by molar-refractivity contribution is 7.89. The molecule has 0 aliphatic carbocycles. The van der Waals surface area contributed by atoms with Gasteiger partial charge in [-0.1, -0.05) is 23.7 Å². The average molecular weight is 329 g/mol. The molecule has 4 nitrogen and oxygen atoms in total. The lowest BCUT2D eigenvalue weighted by molar-refractivity contribution is 0.565. The summed E-state index contributed by atoms with van der Waals surface area (Å²) in [6.45, 7) is 1.62. The number of benzene rings is 2. The topological polar surface area (TPSA) is 72.2 Å². The minimum absolute atomic E-state index is 0.0957. The highest BCUT2D eigenvalue weighted by Crippen LogP contribution is 2.24. The van der Waals surface area contributed by atoms with Gasteiger partial charge in [0.1, 0.15) is 10.7 Å². The molecule has 0 radical (unpaired) electrons. The summed E-state index contributed by atoms with van der Waals surface area (Å²) in [5.41, 5.74) is 6.29. The van der Waals surface area contributed by atoms with Crippen LogP contribution in [0.2, 0.25) is 5.02 Å². The molecule has 0 spiro atoms. The first kappa shape index (κ1) is 15.8. The molecule has 0 amide bonds. The van der Waals surface area contributed by atoms with Crippen LogP contribution in [-0.4, -0.2) is 8.42 Å². The van der Waals surface area contributed by atoms with Crippen molar-refractivity contribution in [3.8, 4) is 0 Å². The van der Waals surface area contributed by atoms with E-state index in [1.807, 2.05) is 0 Å². The van der Waals surface area contributed by atoms with Gasteiger partial charge in [-0.05, 0) is 42.8 Å². The van der Waals surface area contributed by atoms with Gasteiger partial charge in [-0.2, -0.15) is 0 Å². The van der Waals surface area contributed by atoms with Gasteiger partial charge < -0.3 is 5.73 Å². The van der Waals surface area contributed by atoms with Gasteiger partial charge in [0.25, 0.3) is 0 Å². The van der Waals surface area contributed by atoms with Gasteiger partial charge in [0, 0.05) is 11.1 Å². The molecule has 2 aromatic carbocycles. The zero-order chi connectivity index (χ0) is 15.6. The Labute approximate surface area is 127 Å². The van der Waals surface area contributed by atoms with Crippen LogP contribution in [0.5, 0.6) is 0 Å². The van der Waals surface area contributed by atoms with E-state index in [1.165, 1.54) is 36.4 Å². The summed E-state index contributed by atoms with van der Waals surface area (Å²) in [5.74, 6) is -0.430. The minimum atomic E-state index is -3.86. The zero-order valence-electron chi connectivity index (χ0n) is 11.2. The van der Waals surface area contributed by atoms with E-state index in [2.05, 4.69) is 4.72 Å². The largest absolute Gasteiger partial charge is 0.398 e. The summed E-state index contributed by atoms with van der Waals surface area (Å²) in [6, 6.07) is 9.31. The second-order valence-electron chi connectivity index (χ2n) is 4.58. The Hall–Kier alpha value is -1.63. The maximum Gasteiger partial charge on any atom is 0.243 e. The highest BCUT2D eigenvalue weighted by atomic mass is 35.5. The number of halogens is 2. The summed E-state index contributed by atoms with van der Waals surface area (Å²) in [7, 11) is -3.86. The number of nitrogen functional groups attached to an aromatic ring is 1. The van der Waals surface area contributed by atoms with Crippen LogP contribution in [-0.2, 0) is 10.0 Å². The van der Waals surface area contributed by atoms with Gasteiger partial charge in [-0.15, -0.1) is 0 Å². The van der Waals surface area contributed by atoms with Crippen molar-refractivity contribution in [1.82, 2.24) is 4.72 Å². The van der Waals surface area contributed by atoms with Crippen LogP contribution in [0.25, 0.3) is 0 Å². The van der Waals surface area contributed by atoms with Crippen LogP contribution in [0.1, 0.15) is 18.5 Å². The van der Waals surface area contributed by atoms with Crippen molar-refractivity contribution in [3.05, 3.63) is 58.9 Å². The number of nitrogens with two attached hydrogens (primary N) is 1. The Morgan fingerprint density at radius 1 is 1.24 bits per heavy atom. The molecule has 0 fully saturated rings. The van der Waals surface area contributed by atoms with Gasteiger partial charge in [0.2, 0.25) is 10.0 Å². The average Bonchev–Trinajstić information content (AvgIpc) is 2.41. The molecule has 0 saturated heterocycles. The number of hydrogen-bond donors (Lipinski definition) is 2. The van der Waals surface area contributed by atoms with Crippen LogP contribution in [0, 0.1) is 5.82 Å². The van der Waals surface area contributed by atoms with E-state index in [-0.39, 0.29) is 15.6 Å². The van der Waals surface area contributed by atoms with E-state index in [0.717, 1.165) is 0 Å². The van der Waals surface area contributed by atoms with Crippen molar-refractivity contribution in [3.63, 3.8) is 0 Å². The molecule has 2 rings (SSSR count). The fraction of sp³-hybridized carbons (Fsp3) is 0.143. The van der Waals surface area contributed by atoms with Gasteiger partial charge in [0.15, 0.2) is 0 Å². The Morgan fingerprint density at radius 3 is 2.62 bits per heavy atom. The number of rotatable bonds is 4. The summed E-state index contributed by atoms with van der Waals surface area (Å²) in [6.07, 6.45) is 0. The van der Waals surface area contributed by atoms with E-state index >= 15 is 0 Å². The van der Waals surface area contributed by atoms with E-state index < -0.39 is 21.9 Å². The Morgan fingerprint density at radius 2 is 1.95 bits per heavy atom. The van der Waals surface area contributed by atoms with Gasteiger partial charge in [0.05, 0.1) is 5.69 Å². The maximum atomic E-state index is 13.2. The molecule has 1 atom stereocenters. The smallest absolute Gasteiger partial charge is 0.243 e. The molecule has 1 unspecified atom stereocenters. The molecular formula is C14H14ClFN2O2S. The van der Waals surface area contributed by atoms with Crippen LogP contribution in [0.3, 0.4) is 0 Å². The van der Waals surface area contributed by atoms with Crippen molar-refractivity contribution in [2.45, 2.75) is 17.9 Å². The van der Waals surface area contributed by atoms with E-state index in [4.69, 9.17) is 17.3 Å². The molecule has 3 N–H and O–H groups in total. The van der Waals surface area contributed by atoms with Gasteiger partial charge in [-0.25, -0.2) is 17.5 Å². The normalized spacial score (nSPS) is 13.1. The summed E-state index contributed by atoms with van der Waals surface area (Å²) >= 11 is 5.80. The first-order valence-corrected chi connectivity index (χ1v) is 7.98. The van der Waals surface area contributed by atoms with E-state index in [0.29, 0.717) is 5.56 Å². The van der Waals surface area contributed by atoms with Crippen molar-refractivity contribution in [1.29, 1.82) is 0 Å². The van der Waals surface area contributed by atoms with Crippen LogP contribution < -0.4 is 10.5 Å². The lowest BCUT2D eigenvalue weighted by Crippen LogP contribution is -2.27. The highest BCUT2D eigenvalue weighted by Gasteiger charge is 2.21. The lowest BCUT2D eigenvalue weighted by atomic mass is 10.1. The van der Waals surface area contributed by atoms with Crippen molar-refractivity contribution >= 4 is 27.3 Å². The number of sulfonamides is 1. The standard InChI is InChI=1S/C14H14ClFN2O2S/c1-9(10-3-2-4-12(16)7-10)18-21(19,20)14-8-11(15)5-6-13(14)17/h2-9,18H,17H2,1H3. The van der Waals surface area contributed by atoms with E-state index in [9.17, 15) is 12.8 Å². The van der Waals surface area contributed by atoms with Crippen LogP contribution >= 0.6 is 11.6 Å². The molecule has 2 aromatic rings. The van der Waals surface area contributed by atoms with Crippen molar-refractivity contribution < 1.29 is 12.8 Å². The van der Waals surface area contributed by atoms with Crippen LogP contribution in [0.4, 0.5) is 10.1 Å². The molecule has 112 valence electrons. The maximum absolute atomic E-state index is 13.2. The quantitative estimate of drug-likeness (QED) is 0.847. The molecule has 0 aliphatic heterocycles. The molecule has 0 heterocycles. The van der Waals surface area contributed by atoms with Gasteiger partial charge >= 0.3 is 0 Å². The summed E-state index contributed by atoms with van der Waals surface area (Å²) in [5, 5.41) is 0.267. The fourth-order valence-corrected chi connectivity index (χ4v) is 3.51. The molecule has 0 aliphatic rings. The molecule has 21 heavy (non-hydrogen) atoms. The second-order valence-corrected chi connectivity index (χ2v) is 6.70. The third kappa shape index (κ3) is 3.72. The third-order valence-electron chi connectivity index (χ3n) is 2.95. The zero-order valence-corrected chi connectivity index (χ0v) is 12.7. The van der Waals surface area contributed by atoms with Crippen molar-refractivity contribution in [2.24, 2.45) is 0 Å². The Kier molecular flexibility index (Phi) is 4.51. The number of anilines is 1. The predicted molar refractivity (Wildman–Crippen MR) is 81.0 cm³/mol. The fourth-order valence-electron chi connectivity index (χ4n) is 1.88. The summed E-state index contributed by atoms with van der Waals surface area (Å²) in [4.78, 5) is -0.0988. The number of nitrogens with one attached hydrogen (secondary N) is 1. The molecule has 7 heteroatoms. The third-order valence-corrected chi connectivity index (χ3v) is 4.78. The predicted octanol–water partition coefficient (Wildman–Crippen LogP) is 3.10. The lowest BCUT2D eigenvalue weighted by Gasteiger charge is -2.16. The first-order chi connectivity index (χ1) is 9.79. The Balaban J connectivity index is 2.31. The molecule has 0 saturated carbocycles.